The summed E-state index contributed by atoms with van der Waals surface area (Å²) in [7, 11) is 6.28. The summed E-state index contributed by atoms with van der Waals surface area (Å²) in [6.45, 7) is 2.14. The Morgan fingerprint density at radius 1 is 1.00 bits per heavy atom. The Balaban J connectivity index is 0.00000161. The molecule has 1 heterocycles. The largest absolute Gasteiger partial charge is 1.00 e. The number of anilines is 1. The standard InChI is InChI=1S/C17H19N2S.HI/c1-12-5-10-15-16(11-12)20-17(19(15)4)13-6-8-14(9-7-13)18(2)3;/h5-11H,1-4H3;1H/q+1;/p-1. The summed E-state index contributed by atoms with van der Waals surface area (Å²) >= 11 is 1.85. The van der Waals surface area contributed by atoms with Crippen molar-refractivity contribution in [2.75, 3.05) is 19.0 Å². The third-order valence-electron chi connectivity index (χ3n) is 3.62. The number of aryl methyl sites for hydroxylation is 2. The Kier molecular flexibility index (Phi) is 4.88. The van der Waals surface area contributed by atoms with Crippen molar-refractivity contribution in [3.63, 3.8) is 0 Å². The van der Waals surface area contributed by atoms with Crippen LogP contribution in [0.25, 0.3) is 20.8 Å². The molecule has 3 rings (SSSR count). The number of thiazole rings is 1. The molecule has 0 saturated carbocycles. The van der Waals surface area contributed by atoms with Crippen LogP contribution >= 0.6 is 11.3 Å². The Bertz CT molecular complexity index is 760. The zero-order chi connectivity index (χ0) is 14.3. The van der Waals surface area contributed by atoms with Crippen molar-refractivity contribution in [1.29, 1.82) is 0 Å². The first kappa shape index (κ1) is 16.2. The van der Waals surface area contributed by atoms with Gasteiger partial charge in [0.05, 0.1) is 5.56 Å². The van der Waals surface area contributed by atoms with Gasteiger partial charge in [0.2, 0.25) is 5.52 Å². The summed E-state index contributed by atoms with van der Waals surface area (Å²) in [5, 5.41) is 1.30. The van der Waals surface area contributed by atoms with E-state index >= 15 is 0 Å². The van der Waals surface area contributed by atoms with Gasteiger partial charge in [-0.25, -0.2) is 0 Å². The molecule has 2 nitrogen and oxygen atoms in total. The number of rotatable bonds is 2. The van der Waals surface area contributed by atoms with Crippen molar-refractivity contribution >= 4 is 27.2 Å². The maximum absolute atomic E-state index is 2.28. The predicted molar refractivity (Wildman–Crippen MR) is 87.5 cm³/mol. The van der Waals surface area contributed by atoms with E-state index in [4.69, 9.17) is 0 Å². The fourth-order valence-corrected chi connectivity index (χ4v) is 3.67. The summed E-state index contributed by atoms with van der Waals surface area (Å²) in [6, 6.07) is 15.4. The maximum Gasteiger partial charge on any atom is 0.269 e. The zero-order valence-electron chi connectivity index (χ0n) is 12.7. The highest BCUT2D eigenvalue weighted by atomic mass is 127. The summed E-state index contributed by atoms with van der Waals surface area (Å²) in [5.41, 5.74) is 5.12. The van der Waals surface area contributed by atoms with Crippen molar-refractivity contribution in [3.05, 3.63) is 48.0 Å². The molecule has 0 fully saturated rings. The van der Waals surface area contributed by atoms with Crippen LogP contribution in [0.15, 0.2) is 42.5 Å². The van der Waals surface area contributed by atoms with Crippen LogP contribution in [0.2, 0.25) is 0 Å². The van der Waals surface area contributed by atoms with Gasteiger partial charge in [-0.1, -0.05) is 17.4 Å². The average molecular weight is 410 g/mol. The fourth-order valence-electron chi connectivity index (χ4n) is 2.42. The number of hydrogen-bond acceptors (Lipinski definition) is 2. The van der Waals surface area contributed by atoms with Crippen LogP contribution < -0.4 is 33.4 Å². The molecule has 1 aromatic heterocycles. The third-order valence-corrected chi connectivity index (χ3v) is 4.87. The summed E-state index contributed by atoms with van der Waals surface area (Å²) in [6.07, 6.45) is 0. The van der Waals surface area contributed by atoms with Crippen molar-refractivity contribution in [1.82, 2.24) is 0 Å². The van der Waals surface area contributed by atoms with Gasteiger partial charge in [0.25, 0.3) is 5.01 Å². The van der Waals surface area contributed by atoms with Crippen molar-refractivity contribution in [2.24, 2.45) is 7.05 Å². The quantitative estimate of drug-likeness (QED) is 0.447. The Hall–Kier alpha value is -1.14. The summed E-state index contributed by atoms with van der Waals surface area (Å²) in [4.78, 5) is 2.12. The van der Waals surface area contributed by atoms with E-state index in [2.05, 4.69) is 80.0 Å². The number of aromatic nitrogens is 1. The van der Waals surface area contributed by atoms with E-state index in [0.717, 1.165) is 0 Å². The lowest BCUT2D eigenvalue weighted by Crippen LogP contribution is -3.00. The van der Waals surface area contributed by atoms with Crippen LogP contribution in [-0.4, -0.2) is 14.1 Å². The molecule has 0 spiro atoms. The number of fused-ring (bicyclic) bond motifs is 1. The average Bonchev–Trinajstić information content (AvgIpc) is 2.75. The van der Waals surface area contributed by atoms with Crippen LogP contribution in [0.1, 0.15) is 5.56 Å². The normalized spacial score (nSPS) is 10.5. The molecule has 0 radical (unpaired) electrons. The molecule has 0 aliphatic rings. The van der Waals surface area contributed by atoms with Gasteiger partial charge < -0.3 is 28.9 Å². The second-order valence-electron chi connectivity index (χ2n) is 5.38. The van der Waals surface area contributed by atoms with Crippen molar-refractivity contribution < 1.29 is 28.5 Å². The van der Waals surface area contributed by atoms with Crippen LogP contribution in [0, 0.1) is 6.92 Å². The number of halogens is 1. The number of hydrogen-bond donors (Lipinski definition) is 0. The summed E-state index contributed by atoms with van der Waals surface area (Å²) in [5.74, 6) is 0. The van der Waals surface area contributed by atoms with Crippen LogP contribution in [0.5, 0.6) is 0 Å². The lowest BCUT2D eigenvalue weighted by molar-refractivity contribution is -0.629. The Morgan fingerprint density at radius 2 is 1.67 bits per heavy atom. The molecular weight excluding hydrogens is 391 g/mol. The van der Waals surface area contributed by atoms with Gasteiger partial charge in [-0.3, -0.25) is 0 Å². The molecule has 0 atom stereocenters. The molecule has 110 valence electrons. The van der Waals surface area contributed by atoms with Gasteiger partial charge in [0.1, 0.15) is 11.7 Å². The molecule has 3 aromatic rings. The van der Waals surface area contributed by atoms with E-state index in [9.17, 15) is 0 Å². The fraction of sp³-hybridized carbons (Fsp3) is 0.235. The molecular formula is C17H19IN2S. The van der Waals surface area contributed by atoms with Gasteiger partial charge in [0, 0.05) is 25.8 Å². The Labute approximate surface area is 147 Å². The molecule has 0 aliphatic heterocycles. The maximum atomic E-state index is 2.28. The third kappa shape index (κ3) is 3.06. The van der Waals surface area contributed by atoms with Crippen LogP contribution in [-0.2, 0) is 7.05 Å². The number of nitrogens with zero attached hydrogens (tertiary/aromatic N) is 2. The second kappa shape index (κ2) is 6.32. The van der Waals surface area contributed by atoms with E-state index in [0.29, 0.717) is 0 Å². The summed E-state index contributed by atoms with van der Waals surface area (Å²) < 4.78 is 3.63. The molecule has 0 saturated heterocycles. The minimum Gasteiger partial charge on any atom is -1.00 e. The molecule has 4 heteroatoms. The molecule has 2 aromatic carbocycles. The van der Waals surface area contributed by atoms with Gasteiger partial charge in [-0.2, -0.15) is 4.57 Å². The number of benzene rings is 2. The highest BCUT2D eigenvalue weighted by molar-refractivity contribution is 7.21. The monoisotopic (exact) mass is 410 g/mol. The highest BCUT2D eigenvalue weighted by Crippen LogP contribution is 2.29. The lowest BCUT2D eigenvalue weighted by atomic mass is 10.2. The van der Waals surface area contributed by atoms with E-state index in [1.165, 1.54) is 32.0 Å². The highest BCUT2D eigenvalue weighted by Gasteiger charge is 2.18. The van der Waals surface area contributed by atoms with Gasteiger partial charge in [-0.05, 0) is 42.8 Å². The van der Waals surface area contributed by atoms with Gasteiger partial charge in [0.15, 0.2) is 0 Å². The zero-order valence-corrected chi connectivity index (χ0v) is 15.7. The molecule has 0 aliphatic carbocycles. The van der Waals surface area contributed by atoms with Crippen LogP contribution in [0.3, 0.4) is 0 Å². The van der Waals surface area contributed by atoms with Crippen molar-refractivity contribution in [2.45, 2.75) is 6.92 Å². The first-order chi connectivity index (χ1) is 9.56. The van der Waals surface area contributed by atoms with E-state index in [1.54, 1.807) is 0 Å². The van der Waals surface area contributed by atoms with Crippen molar-refractivity contribution in [3.8, 4) is 10.6 Å². The molecule has 0 N–H and O–H groups in total. The molecule has 0 amide bonds. The smallest absolute Gasteiger partial charge is 0.269 e. The van der Waals surface area contributed by atoms with E-state index in [-0.39, 0.29) is 24.0 Å². The lowest BCUT2D eigenvalue weighted by Gasteiger charge is -2.11. The molecule has 0 bridgehead atoms. The van der Waals surface area contributed by atoms with E-state index < -0.39 is 0 Å². The van der Waals surface area contributed by atoms with Crippen LogP contribution in [0.4, 0.5) is 5.69 Å². The molecule has 0 unspecified atom stereocenters. The van der Waals surface area contributed by atoms with Gasteiger partial charge >= 0.3 is 0 Å². The van der Waals surface area contributed by atoms with Gasteiger partial charge in [-0.15, -0.1) is 0 Å². The first-order valence-electron chi connectivity index (χ1n) is 6.73. The second-order valence-corrected chi connectivity index (χ2v) is 6.41. The first-order valence-corrected chi connectivity index (χ1v) is 7.55. The minimum atomic E-state index is 0. The SMILES string of the molecule is Cc1ccc2c(c1)sc(-c1ccc(N(C)C)cc1)[n+]2C.[I-]. The predicted octanol–water partition coefficient (Wildman–Crippen LogP) is 0.771. The Morgan fingerprint density at radius 3 is 2.29 bits per heavy atom. The molecule has 21 heavy (non-hydrogen) atoms. The minimum absolute atomic E-state index is 0. The topological polar surface area (TPSA) is 7.12 Å². The van der Waals surface area contributed by atoms with E-state index in [1.807, 2.05) is 11.3 Å².